The van der Waals surface area contributed by atoms with Gasteiger partial charge in [0.05, 0.1) is 18.6 Å². The fourth-order valence-electron chi connectivity index (χ4n) is 1.12. The Morgan fingerprint density at radius 1 is 1.62 bits per heavy atom. The van der Waals surface area contributed by atoms with Crippen molar-refractivity contribution in [2.75, 3.05) is 7.11 Å². The van der Waals surface area contributed by atoms with E-state index in [1.807, 2.05) is 13.0 Å². The van der Waals surface area contributed by atoms with Gasteiger partial charge in [0.2, 0.25) is 0 Å². The normalized spacial score (nSPS) is 9.69. The number of ether oxygens (including phenoxy) is 2. The predicted molar refractivity (Wildman–Crippen MR) is 50.5 cm³/mol. The molecule has 1 aromatic heterocycles. The van der Waals surface area contributed by atoms with Crippen LogP contribution in [0.3, 0.4) is 0 Å². The van der Waals surface area contributed by atoms with E-state index in [1.54, 1.807) is 13.3 Å². The number of hydrogen-bond donors (Lipinski definition) is 0. The van der Waals surface area contributed by atoms with Crippen molar-refractivity contribution in [1.82, 2.24) is 4.98 Å². The molecule has 0 N–H and O–H groups in total. The Balaban J connectivity index is 3.01. The van der Waals surface area contributed by atoms with E-state index in [1.165, 1.54) is 6.26 Å². The number of hydrogen-bond acceptors (Lipinski definition) is 3. The third-order valence-electron chi connectivity index (χ3n) is 1.67. The van der Waals surface area contributed by atoms with Gasteiger partial charge in [0.15, 0.2) is 5.75 Å². The van der Waals surface area contributed by atoms with E-state index in [2.05, 4.69) is 11.6 Å². The number of methoxy groups -OCH3 is 1. The van der Waals surface area contributed by atoms with E-state index in [9.17, 15) is 0 Å². The Labute approximate surface area is 78.0 Å². The molecule has 0 aromatic carbocycles. The molecule has 13 heavy (non-hydrogen) atoms. The van der Waals surface area contributed by atoms with Crippen LogP contribution in [0.15, 0.2) is 25.1 Å². The molecule has 0 spiro atoms. The van der Waals surface area contributed by atoms with E-state index in [0.717, 1.165) is 17.0 Å². The maximum Gasteiger partial charge on any atom is 0.153 e. The van der Waals surface area contributed by atoms with E-state index >= 15 is 0 Å². The molecule has 0 atom stereocenters. The van der Waals surface area contributed by atoms with Crippen molar-refractivity contribution < 1.29 is 9.47 Å². The zero-order valence-corrected chi connectivity index (χ0v) is 7.91. The Bertz CT molecular complexity index is 297. The first-order valence-electron chi connectivity index (χ1n) is 4.00. The van der Waals surface area contributed by atoms with Crippen molar-refractivity contribution in [2.45, 2.75) is 13.5 Å². The second kappa shape index (κ2) is 4.62. The monoisotopic (exact) mass is 179 g/mol. The maximum atomic E-state index is 5.24. The zero-order chi connectivity index (χ0) is 9.68. The summed E-state index contributed by atoms with van der Waals surface area (Å²) in [7, 11) is 1.65. The number of nitrogens with zero attached hydrogens (tertiary/aromatic N) is 1. The molecule has 0 amide bonds. The van der Waals surface area contributed by atoms with E-state index in [4.69, 9.17) is 9.47 Å². The van der Waals surface area contributed by atoms with Gasteiger partial charge in [-0.15, -0.1) is 0 Å². The molecule has 1 rings (SSSR count). The van der Waals surface area contributed by atoms with E-state index in [0.29, 0.717) is 6.61 Å². The van der Waals surface area contributed by atoms with Crippen LogP contribution in [0.4, 0.5) is 0 Å². The van der Waals surface area contributed by atoms with Gasteiger partial charge in [-0.1, -0.05) is 6.58 Å². The van der Waals surface area contributed by atoms with Crippen molar-refractivity contribution in [3.8, 4) is 5.75 Å². The Kier molecular flexibility index (Phi) is 3.46. The molecule has 0 saturated carbocycles. The topological polar surface area (TPSA) is 31.4 Å². The molecule has 3 nitrogen and oxygen atoms in total. The largest absolute Gasteiger partial charge is 0.463 e. The highest BCUT2D eigenvalue weighted by atomic mass is 16.5. The van der Waals surface area contributed by atoms with Crippen molar-refractivity contribution in [3.05, 3.63) is 36.4 Å². The van der Waals surface area contributed by atoms with Gasteiger partial charge in [-0.2, -0.15) is 0 Å². The van der Waals surface area contributed by atoms with Crippen LogP contribution in [-0.2, 0) is 11.3 Å². The lowest BCUT2D eigenvalue weighted by Gasteiger charge is -2.08. The molecule has 0 bridgehead atoms. The fraction of sp³-hybridized carbons (Fsp3) is 0.300. The van der Waals surface area contributed by atoms with Gasteiger partial charge in [-0.3, -0.25) is 4.98 Å². The number of aryl methyl sites for hydroxylation is 1. The minimum atomic E-state index is 0.520. The van der Waals surface area contributed by atoms with Crippen molar-refractivity contribution >= 4 is 0 Å². The Hall–Kier alpha value is -1.35. The summed E-state index contributed by atoms with van der Waals surface area (Å²) in [4.78, 5) is 4.11. The van der Waals surface area contributed by atoms with Crippen LogP contribution in [0.2, 0.25) is 0 Å². The van der Waals surface area contributed by atoms with Gasteiger partial charge in [0, 0.05) is 18.9 Å². The van der Waals surface area contributed by atoms with Gasteiger partial charge in [0.25, 0.3) is 0 Å². The third-order valence-corrected chi connectivity index (χ3v) is 1.67. The molecule has 0 aliphatic rings. The SMILES string of the molecule is C=COc1c(COC)ccnc1C. The summed E-state index contributed by atoms with van der Waals surface area (Å²) < 4.78 is 10.3. The van der Waals surface area contributed by atoms with Gasteiger partial charge in [-0.05, 0) is 13.0 Å². The molecule has 1 heterocycles. The molecule has 1 aromatic rings. The lowest BCUT2D eigenvalue weighted by molar-refractivity contribution is 0.182. The molecule has 70 valence electrons. The molecular formula is C10H13NO2. The van der Waals surface area contributed by atoms with Gasteiger partial charge < -0.3 is 9.47 Å². The highest BCUT2D eigenvalue weighted by molar-refractivity contribution is 5.36. The first-order chi connectivity index (χ1) is 6.29. The van der Waals surface area contributed by atoms with Crippen molar-refractivity contribution in [2.24, 2.45) is 0 Å². The van der Waals surface area contributed by atoms with Crippen LogP contribution in [0.1, 0.15) is 11.3 Å². The summed E-state index contributed by atoms with van der Waals surface area (Å²) in [6.07, 6.45) is 3.13. The average Bonchev–Trinajstić information content (AvgIpc) is 2.11. The number of pyridine rings is 1. The van der Waals surface area contributed by atoms with Crippen LogP contribution in [0.5, 0.6) is 5.75 Å². The zero-order valence-electron chi connectivity index (χ0n) is 7.91. The van der Waals surface area contributed by atoms with E-state index < -0.39 is 0 Å². The van der Waals surface area contributed by atoms with E-state index in [-0.39, 0.29) is 0 Å². The Morgan fingerprint density at radius 3 is 3.00 bits per heavy atom. The molecule has 0 aliphatic heterocycles. The van der Waals surface area contributed by atoms with Gasteiger partial charge >= 0.3 is 0 Å². The second-order valence-electron chi connectivity index (χ2n) is 2.60. The molecular weight excluding hydrogens is 166 g/mol. The average molecular weight is 179 g/mol. The summed E-state index contributed by atoms with van der Waals surface area (Å²) >= 11 is 0. The first kappa shape index (κ1) is 9.74. The summed E-state index contributed by atoms with van der Waals surface area (Å²) in [5.74, 6) is 0.736. The lowest BCUT2D eigenvalue weighted by atomic mass is 10.2. The lowest BCUT2D eigenvalue weighted by Crippen LogP contribution is -1.97. The fourth-order valence-corrected chi connectivity index (χ4v) is 1.12. The third kappa shape index (κ3) is 2.29. The molecule has 0 fully saturated rings. The van der Waals surface area contributed by atoms with Gasteiger partial charge in [-0.25, -0.2) is 0 Å². The quantitative estimate of drug-likeness (QED) is 0.663. The second-order valence-corrected chi connectivity index (χ2v) is 2.60. The first-order valence-corrected chi connectivity index (χ1v) is 4.00. The van der Waals surface area contributed by atoms with Crippen molar-refractivity contribution in [3.63, 3.8) is 0 Å². The number of rotatable bonds is 4. The molecule has 0 aliphatic carbocycles. The van der Waals surface area contributed by atoms with Crippen molar-refractivity contribution in [1.29, 1.82) is 0 Å². The maximum absolute atomic E-state index is 5.24. The summed E-state index contributed by atoms with van der Waals surface area (Å²) in [5.41, 5.74) is 1.82. The van der Waals surface area contributed by atoms with Crippen LogP contribution in [0.25, 0.3) is 0 Å². The summed E-state index contributed by atoms with van der Waals surface area (Å²) in [6, 6.07) is 1.87. The minimum absolute atomic E-state index is 0.520. The standard InChI is InChI=1S/C10H13NO2/c1-4-13-10-8(2)11-6-5-9(10)7-12-3/h4-6H,1,7H2,2-3H3. The highest BCUT2D eigenvalue weighted by Crippen LogP contribution is 2.21. The Morgan fingerprint density at radius 2 is 2.38 bits per heavy atom. The predicted octanol–water partition coefficient (Wildman–Crippen LogP) is 2.06. The smallest absolute Gasteiger partial charge is 0.153 e. The molecule has 0 unspecified atom stereocenters. The molecule has 0 radical (unpaired) electrons. The van der Waals surface area contributed by atoms with Crippen LogP contribution < -0.4 is 4.74 Å². The number of aromatic nitrogens is 1. The van der Waals surface area contributed by atoms with Crippen LogP contribution in [0, 0.1) is 6.92 Å². The minimum Gasteiger partial charge on any atom is -0.463 e. The van der Waals surface area contributed by atoms with Crippen LogP contribution in [-0.4, -0.2) is 12.1 Å². The highest BCUT2D eigenvalue weighted by Gasteiger charge is 2.06. The van der Waals surface area contributed by atoms with Crippen LogP contribution >= 0.6 is 0 Å². The van der Waals surface area contributed by atoms with Gasteiger partial charge in [0.1, 0.15) is 0 Å². The summed E-state index contributed by atoms with van der Waals surface area (Å²) in [6.45, 7) is 5.91. The summed E-state index contributed by atoms with van der Waals surface area (Å²) in [5, 5.41) is 0. The molecule has 0 saturated heterocycles. The molecule has 3 heteroatoms.